The van der Waals surface area contributed by atoms with E-state index in [0.29, 0.717) is 34.5 Å². The molecule has 6 nitrogen and oxygen atoms in total. The summed E-state index contributed by atoms with van der Waals surface area (Å²) in [6, 6.07) is 11.7. The van der Waals surface area contributed by atoms with Crippen LogP contribution < -0.4 is 15.8 Å². The number of aromatic nitrogens is 1. The molecule has 3 N–H and O–H groups in total. The van der Waals surface area contributed by atoms with Crippen molar-refractivity contribution in [3.05, 3.63) is 58.7 Å². The summed E-state index contributed by atoms with van der Waals surface area (Å²) in [5.74, 6) is 0.712. The molecule has 1 aliphatic rings. The second-order valence-electron chi connectivity index (χ2n) is 8.29. The fourth-order valence-corrected chi connectivity index (χ4v) is 4.55. The molecule has 1 amide bonds. The van der Waals surface area contributed by atoms with Crippen molar-refractivity contribution in [2.45, 2.75) is 19.4 Å². The van der Waals surface area contributed by atoms with Crippen LogP contribution >= 0.6 is 11.6 Å². The van der Waals surface area contributed by atoms with Crippen LogP contribution in [0, 0.1) is 5.92 Å². The van der Waals surface area contributed by atoms with Gasteiger partial charge in [0.1, 0.15) is 5.75 Å². The van der Waals surface area contributed by atoms with Crippen LogP contribution in [-0.2, 0) is 13.6 Å². The number of fused-ring (bicyclic) bond motifs is 1. The highest BCUT2D eigenvalue weighted by Crippen LogP contribution is 2.29. The quantitative estimate of drug-likeness (QED) is 0.567. The van der Waals surface area contributed by atoms with Gasteiger partial charge in [0.15, 0.2) is 0 Å². The van der Waals surface area contributed by atoms with Crippen LogP contribution in [0.2, 0.25) is 5.02 Å². The van der Waals surface area contributed by atoms with E-state index in [1.807, 2.05) is 0 Å². The number of carbonyl (C=O) groups excluding carboxylic acids is 1. The lowest BCUT2D eigenvalue weighted by molar-refractivity contribution is 0.0932. The topological polar surface area (TPSA) is 72.5 Å². The fourth-order valence-electron chi connectivity index (χ4n) is 4.39. The average molecular weight is 441 g/mol. The number of aryl methyl sites for hydroxylation is 1. The van der Waals surface area contributed by atoms with E-state index in [0.717, 1.165) is 32.5 Å². The van der Waals surface area contributed by atoms with Gasteiger partial charge in [-0.3, -0.25) is 9.69 Å². The molecule has 2 heterocycles. The lowest BCUT2D eigenvalue weighted by Crippen LogP contribution is -2.38. The molecule has 1 saturated heterocycles. The molecule has 1 aromatic heterocycles. The number of nitrogens with zero attached hydrogens (tertiary/aromatic N) is 2. The summed E-state index contributed by atoms with van der Waals surface area (Å²) in [4.78, 5) is 15.2. The number of nitrogens with two attached hydrogens (primary N) is 1. The van der Waals surface area contributed by atoms with E-state index in [1.54, 1.807) is 12.1 Å². The number of halogens is 1. The zero-order chi connectivity index (χ0) is 22.0. The number of anilines is 1. The van der Waals surface area contributed by atoms with E-state index in [-0.39, 0.29) is 5.91 Å². The molecule has 0 radical (unpaired) electrons. The second-order valence-corrected chi connectivity index (χ2v) is 8.69. The van der Waals surface area contributed by atoms with Crippen molar-refractivity contribution in [2.24, 2.45) is 13.0 Å². The summed E-state index contributed by atoms with van der Waals surface area (Å²) in [7, 11) is 3.62. The lowest BCUT2D eigenvalue weighted by atomic mass is 9.96. The first-order chi connectivity index (χ1) is 15.0. The monoisotopic (exact) mass is 440 g/mol. The van der Waals surface area contributed by atoms with Gasteiger partial charge in [0.2, 0.25) is 0 Å². The molecule has 0 unspecified atom stereocenters. The molecule has 1 aliphatic heterocycles. The van der Waals surface area contributed by atoms with Crippen LogP contribution in [0.15, 0.2) is 42.6 Å². The minimum Gasteiger partial charge on any atom is -0.496 e. The first kappa shape index (κ1) is 21.5. The maximum atomic E-state index is 12.7. The molecule has 0 spiro atoms. The third-order valence-electron chi connectivity index (χ3n) is 6.20. The van der Waals surface area contributed by atoms with Crippen LogP contribution in [0.25, 0.3) is 10.9 Å². The molecule has 2 aromatic carbocycles. The van der Waals surface area contributed by atoms with Gasteiger partial charge in [-0.15, -0.1) is 0 Å². The van der Waals surface area contributed by atoms with Gasteiger partial charge in [-0.1, -0.05) is 29.8 Å². The predicted molar refractivity (Wildman–Crippen MR) is 126 cm³/mol. The largest absolute Gasteiger partial charge is 0.496 e. The molecular formula is C24H29ClN4O2. The van der Waals surface area contributed by atoms with Crippen molar-refractivity contribution in [3.8, 4) is 5.75 Å². The van der Waals surface area contributed by atoms with Crippen molar-refractivity contribution in [3.63, 3.8) is 0 Å². The van der Waals surface area contributed by atoms with E-state index in [1.165, 1.54) is 23.6 Å². The molecule has 0 bridgehead atoms. The number of carbonyl (C=O) groups is 1. The summed E-state index contributed by atoms with van der Waals surface area (Å²) in [6.07, 6.45) is 4.36. The highest BCUT2D eigenvalue weighted by Gasteiger charge is 2.22. The van der Waals surface area contributed by atoms with Crippen LogP contribution in [0.4, 0.5) is 5.69 Å². The summed E-state index contributed by atoms with van der Waals surface area (Å²) in [5.41, 5.74) is 9.26. The highest BCUT2D eigenvalue weighted by molar-refractivity contribution is 6.33. The van der Waals surface area contributed by atoms with Crippen molar-refractivity contribution in [2.75, 3.05) is 32.5 Å². The number of ether oxygens (including phenoxy) is 1. The molecule has 0 saturated carbocycles. The van der Waals surface area contributed by atoms with E-state index >= 15 is 0 Å². The van der Waals surface area contributed by atoms with Gasteiger partial charge >= 0.3 is 0 Å². The number of methoxy groups -OCH3 is 1. The van der Waals surface area contributed by atoms with E-state index in [2.05, 4.69) is 52.3 Å². The Hall–Kier alpha value is -2.70. The Morgan fingerprint density at radius 2 is 2.00 bits per heavy atom. The minimum atomic E-state index is -0.183. The van der Waals surface area contributed by atoms with Crippen molar-refractivity contribution >= 4 is 34.1 Å². The SMILES string of the molecule is COc1cc(N)c(Cl)cc1C(=O)NCC1CCN(Cc2cn(C)c3ccccc23)CC1. The number of benzene rings is 2. The Kier molecular flexibility index (Phi) is 6.39. The number of hydrogen-bond acceptors (Lipinski definition) is 4. The van der Waals surface area contributed by atoms with E-state index < -0.39 is 0 Å². The molecule has 0 aliphatic carbocycles. The summed E-state index contributed by atoms with van der Waals surface area (Å²) in [6.45, 7) is 3.66. The van der Waals surface area contributed by atoms with Crippen LogP contribution in [0.1, 0.15) is 28.8 Å². The van der Waals surface area contributed by atoms with Gasteiger partial charge in [0, 0.05) is 43.3 Å². The number of nitrogens with one attached hydrogen (secondary N) is 1. The molecular weight excluding hydrogens is 412 g/mol. The Balaban J connectivity index is 1.31. The number of para-hydroxylation sites is 1. The number of rotatable bonds is 6. The molecule has 31 heavy (non-hydrogen) atoms. The van der Waals surface area contributed by atoms with Gasteiger partial charge in [0.25, 0.3) is 5.91 Å². The second kappa shape index (κ2) is 9.20. The average Bonchev–Trinajstić information content (AvgIpc) is 3.10. The smallest absolute Gasteiger partial charge is 0.255 e. The lowest BCUT2D eigenvalue weighted by Gasteiger charge is -2.32. The third-order valence-corrected chi connectivity index (χ3v) is 6.52. The van der Waals surface area contributed by atoms with Gasteiger partial charge < -0.3 is 20.4 Å². The van der Waals surface area contributed by atoms with Crippen LogP contribution in [0.3, 0.4) is 0 Å². The third kappa shape index (κ3) is 4.65. The normalized spacial score (nSPS) is 15.3. The maximum Gasteiger partial charge on any atom is 0.255 e. The standard InChI is InChI=1S/C24H29ClN4O2/c1-28-14-17(18-5-3-4-6-22(18)28)15-29-9-7-16(8-10-29)13-27-24(30)19-11-20(25)21(26)12-23(19)31-2/h3-6,11-12,14,16H,7-10,13,15,26H2,1-2H3,(H,27,30). The van der Waals surface area contributed by atoms with E-state index in [4.69, 9.17) is 22.1 Å². The van der Waals surface area contributed by atoms with E-state index in [9.17, 15) is 4.79 Å². The molecule has 3 aromatic rings. The number of nitrogen functional groups attached to an aromatic ring is 1. The van der Waals surface area contributed by atoms with Gasteiger partial charge in [0.05, 0.1) is 23.4 Å². The Labute approximate surface area is 187 Å². The summed E-state index contributed by atoms with van der Waals surface area (Å²) in [5, 5.41) is 4.73. The Morgan fingerprint density at radius 3 is 2.74 bits per heavy atom. The summed E-state index contributed by atoms with van der Waals surface area (Å²) < 4.78 is 7.49. The Bertz CT molecular complexity index is 1090. The number of piperidine rings is 1. The van der Waals surface area contributed by atoms with Gasteiger partial charge in [-0.2, -0.15) is 0 Å². The van der Waals surface area contributed by atoms with Crippen molar-refractivity contribution in [1.82, 2.24) is 14.8 Å². The molecule has 1 fully saturated rings. The van der Waals surface area contributed by atoms with Crippen molar-refractivity contribution in [1.29, 1.82) is 0 Å². The molecule has 0 atom stereocenters. The molecule has 4 rings (SSSR count). The van der Waals surface area contributed by atoms with Crippen molar-refractivity contribution < 1.29 is 9.53 Å². The Morgan fingerprint density at radius 1 is 1.26 bits per heavy atom. The van der Waals surface area contributed by atoms with Crippen LogP contribution in [0.5, 0.6) is 5.75 Å². The van der Waals surface area contributed by atoms with Gasteiger partial charge in [-0.25, -0.2) is 0 Å². The first-order valence-electron chi connectivity index (χ1n) is 10.6. The summed E-state index contributed by atoms with van der Waals surface area (Å²) >= 11 is 6.09. The molecule has 7 heteroatoms. The predicted octanol–water partition coefficient (Wildman–Crippen LogP) is 4.06. The zero-order valence-corrected chi connectivity index (χ0v) is 18.8. The minimum absolute atomic E-state index is 0.183. The van der Waals surface area contributed by atoms with Crippen LogP contribution in [-0.4, -0.2) is 42.1 Å². The maximum absolute atomic E-state index is 12.7. The fraction of sp³-hybridized carbons (Fsp3) is 0.375. The number of hydrogen-bond donors (Lipinski definition) is 2. The van der Waals surface area contributed by atoms with Gasteiger partial charge in [-0.05, 0) is 49.5 Å². The first-order valence-corrected chi connectivity index (χ1v) is 11.0. The highest BCUT2D eigenvalue weighted by atomic mass is 35.5. The molecule has 164 valence electrons. The zero-order valence-electron chi connectivity index (χ0n) is 18.0. The number of likely N-dealkylation sites (tertiary alicyclic amines) is 1. The number of amides is 1.